The van der Waals surface area contributed by atoms with Crippen LogP contribution in [0, 0.1) is 0 Å². The molecule has 15 aliphatic rings. The van der Waals surface area contributed by atoms with E-state index in [1.54, 1.807) is 0 Å². The van der Waals surface area contributed by atoms with Crippen LogP contribution in [0.4, 0.5) is 85.4 Å². The molecule has 0 saturated heterocycles. The lowest BCUT2D eigenvalue weighted by Crippen LogP contribution is -2.26. The van der Waals surface area contributed by atoms with Gasteiger partial charge in [0.25, 0.3) is 0 Å². The molecule has 0 saturated carbocycles. The number of nitrogens with zero attached hydrogens (tertiary/aromatic N) is 10. The summed E-state index contributed by atoms with van der Waals surface area (Å²) in [5.41, 5.74) is 75.9. The van der Waals surface area contributed by atoms with Gasteiger partial charge in [-0.25, -0.2) is 4.98 Å². The highest BCUT2D eigenvalue weighted by atomic mass is 15.2. The molecule has 0 amide bonds. The van der Waals surface area contributed by atoms with Crippen molar-refractivity contribution < 1.29 is 0 Å². The summed E-state index contributed by atoms with van der Waals surface area (Å²) in [4.78, 5) is 35.2. The third-order valence-corrected chi connectivity index (χ3v) is 32.8. The number of hydrogen-bond donors (Lipinski definition) is 0. The predicted molar refractivity (Wildman–Crippen MR) is 564 cm³/mol. The number of anilines is 15. The highest BCUT2D eigenvalue weighted by Crippen LogP contribution is 2.63. The van der Waals surface area contributed by atoms with Crippen molar-refractivity contribution in [2.75, 3.05) is 24.5 Å². The SMILES string of the molecule is c1ccc2c(c1)Cc1c-2cc2c3c1Cc1ccccc1N3c1cccnc1C2.c1ccc2c(c1)Cc1c-2cc2c3c1Cc1ccccc1N3c1ccncc1C2.c1ccc2c(c1)Cc1c-2cc2c3c1Cc1ccccc1N3c1cnccc1C2.c1ccc2c(c1)Cc1cc3c4c(c1-2)Cc1cccnc1N4c1ccccc1C3.c1ccc2c(c1)Cc1cc3c4c(c1-2)Cc1ccncc1N4c1ccccc1C3. The Kier molecular flexibility index (Phi) is 16.9. The van der Waals surface area contributed by atoms with Gasteiger partial charge in [0.05, 0.1) is 75.0 Å². The minimum Gasteiger partial charge on any atom is -0.309 e. The molecular formula is C130H90N10. The van der Waals surface area contributed by atoms with Crippen molar-refractivity contribution in [2.45, 2.75) is 96.3 Å². The van der Waals surface area contributed by atoms with Crippen LogP contribution in [0.15, 0.2) is 365 Å². The molecule has 35 rings (SSSR count). The van der Waals surface area contributed by atoms with Gasteiger partial charge >= 0.3 is 0 Å². The highest BCUT2D eigenvalue weighted by molar-refractivity contribution is 6.02. The Morgan fingerprint density at radius 3 is 0.921 bits per heavy atom. The highest BCUT2D eigenvalue weighted by Gasteiger charge is 2.44. The van der Waals surface area contributed by atoms with E-state index in [1.165, 1.54) is 302 Å². The largest absolute Gasteiger partial charge is 0.309 e. The zero-order valence-corrected chi connectivity index (χ0v) is 77.2. The molecule has 0 atom stereocenters. The van der Waals surface area contributed by atoms with Gasteiger partial charge in [-0.2, -0.15) is 0 Å². The van der Waals surface area contributed by atoms with E-state index in [0.717, 1.165) is 102 Å². The summed E-state index contributed by atoms with van der Waals surface area (Å²) in [7, 11) is 0. The van der Waals surface area contributed by atoms with Crippen molar-refractivity contribution in [3.8, 4) is 55.6 Å². The van der Waals surface area contributed by atoms with Crippen molar-refractivity contribution in [1.82, 2.24) is 24.9 Å². The molecular weight excluding hydrogens is 1700 g/mol. The van der Waals surface area contributed by atoms with Crippen LogP contribution in [0.1, 0.15) is 167 Å². The second-order valence-corrected chi connectivity index (χ2v) is 40.2. The topological polar surface area (TPSA) is 80.7 Å². The van der Waals surface area contributed by atoms with E-state index in [9.17, 15) is 0 Å². The standard InChI is InChI=1S/5C26H18N2/c1-3-9-21-16(6-1)12-19-14-20-13-17-7-2-4-10-23(17)28-25(20)22(24(19)21)15-18-8-5-11-27-26(18)28;1-3-8-19-16(6-1)12-21-20(19)14-18-15-23-25(10-5-11-27-23)28-24-9-4-2-7-17(24)13-22(21)26(18)28;1-3-7-20-16(5-1)12-22-21(20)14-18-11-19-15-27-10-9-25(19)28-24-8-4-2-6-17(24)13-23(22)26(18)28;1-3-7-20-16(5-1)12-22-21(20)14-19-11-18-9-10-27-15-25(18)28-24-8-4-2-6-17(24)13-23(22)26(19)28;1-3-7-21-16(5-1)11-19-13-20-12-17-6-2-4-8-23(17)28-24-15-27-10-9-18(24)14-22(25(19)21)26(20)28/h2*1-11,14H,12-13,15H2;2*1-10,14-15H,11-13H2;1-10,13,15H,11-12,14H2. The van der Waals surface area contributed by atoms with E-state index in [-0.39, 0.29) is 0 Å². The Morgan fingerprint density at radius 1 is 0.157 bits per heavy atom. The summed E-state index contributed by atoms with van der Waals surface area (Å²) in [6.07, 6.45) is 30.8. The maximum Gasteiger partial charge on any atom is 0.141 e. The Morgan fingerprint density at radius 2 is 0.443 bits per heavy atom. The van der Waals surface area contributed by atoms with Crippen LogP contribution in [-0.2, 0) is 96.3 Å². The molecule has 15 aromatic carbocycles. The number of benzene rings is 15. The molecule has 10 heteroatoms. The van der Waals surface area contributed by atoms with Crippen molar-refractivity contribution in [3.63, 3.8) is 0 Å². The molecule has 140 heavy (non-hydrogen) atoms. The second-order valence-electron chi connectivity index (χ2n) is 40.2. The van der Waals surface area contributed by atoms with Crippen molar-refractivity contribution in [1.29, 1.82) is 0 Å². The molecule has 5 aliphatic carbocycles. The quantitative estimate of drug-likeness (QED) is 0.146. The molecule has 0 bridgehead atoms. The van der Waals surface area contributed by atoms with E-state index in [2.05, 4.69) is 355 Å². The molecule has 0 radical (unpaired) electrons. The van der Waals surface area contributed by atoms with Crippen molar-refractivity contribution in [2.24, 2.45) is 0 Å². The number of aromatic nitrogens is 5. The van der Waals surface area contributed by atoms with E-state index in [0.29, 0.717) is 0 Å². The predicted octanol–water partition coefficient (Wildman–Crippen LogP) is 29.7. The van der Waals surface area contributed by atoms with Crippen LogP contribution in [0.3, 0.4) is 0 Å². The summed E-state index contributed by atoms with van der Waals surface area (Å²) in [5.74, 6) is 1.09. The first-order valence-corrected chi connectivity index (χ1v) is 49.8. The average Bonchev–Trinajstić information content (AvgIpc) is 1.46. The fourth-order valence-electron chi connectivity index (χ4n) is 27.1. The number of rotatable bonds is 0. The molecule has 15 heterocycles. The summed E-state index contributed by atoms with van der Waals surface area (Å²) >= 11 is 0. The number of pyridine rings is 5. The van der Waals surface area contributed by atoms with Gasteiger partial charge in [-0.1, -0.05) is 231 Å². The summed E-state index contributed by atoms with van der Waals surface area (Å²) in [6.45, 7) is 0. The third-order valence-electron chi connectivity index (χ3n) is 32.8. The van der Waals surface area contributed by atoms with Crippen LogP contribution >= 0.6 is 0 Å². The minimum absolute atomic E-state index is 0.909. The van der Waals surface area contributed by atoms with Crippen LogP contribution in [0.5, 0.6) is 0 Å². The van der Waals surface area contributed by atoms with Crippen LogP contribution < -0.4 is 24.5 Å². The molecule has 660 valence electrons. The summed E-state index contributed by atoms with van der Waals surface area (Å²) < 4.78 is 0. The molecule has 5 aromatic heterocycles. The zero-order valence-electron chi connectivity index (χ0n) is 77.2. The summed E-state index contributed by atoms with van der Waals surface area (Å²) in [6, 6.07) is 116. The Balaban J connectivity index is 0.0000000806. The average molecular weight is 1790 g/mol. The molecule has 0 N–H and O–H groups in total. The second kappa shape index (κ2) is 30.3. The van der Waals surface area contributed by atoms with Crippen LogP contribution in [-0.4, -0.2) is 24.9 Å². The normalized spacial score (nSPS) is 14.6. The Hall–Kier alpha value is -17.0. The number of para-hydroxylation sites is 5. The van der Waals surface area contributed by atoms with Gasteiger partial charge in [-0.05, 0) is 334 Å². The van der Waals surface area contributed by atoms with Crippen molar-refractivity contribution >= 4 is 85.4 Å². The molecule has 0 fully saturated rings. The number of fused-ring (bicyclic) bond motifs is 40. The van der Waals surface area contributed by atoms with Gasteiger partial charge in [0.2, 0.25) is 0 Å². The van der Waals surface area contributed by atoms with Crippen molar-refractivity contribution in [3.05, 3.63) is 532 Å². The zero-order chi connectivity index (χ0) is 91.2. The molecule has 0 spiro atoms. The lowest BCUT2D eigenvalue weighted by Gasteiger charge is -2.40. The molecule has 10 nitrogen and oxygen atoms in total. The molecule has 20 aromatic rings. The van der Waals surface area contributed by atoms with Gasteiger partial charge in [0.15, 0.2) is 0 Å². The first-order valence-electron chi connectivity index (χ1n) is 49.8. The Bertz CT molecular complexity index is 8130. The summed E-state index contributed by atoms with van der Waals surface area (Å²) in [5, 5.41) is 0. The van der Waals surface area contributed by atoms with Gasteiger partial charge in [0.1, 0.15) is 5.82 Å². The monoisotopic (exact) mass is 1790 g/mol. The molecule has 0 unspecified atom stereocenters. The number of hydrogen-bond acceptors (Lipinski definition) is 10. The lowest BCUT2D eigenvalue weighted by atomic mass is 9.82. The van der Waals surface area contributed by atoms with E-state index >= 15 is 0 Å². The fraction of sp³-hybridized carbons (Fsp3) is 0.115. The lowest BCUT2D eigenvalue weighted by molar-refractivity contribution is 0.961. The van der Waals surface area contributed by atoms with Gasteiger partial charge in [0, 0.05) is 124 Å². The third kappa shape index (κ3) is 11.6. The maximum atomic E-state index is 4.81. The molecule has 10 aliphatic heterocycles. The van der Waals surface area contributed by atoms with Crippen LogP contribution in [0.25, 0.3) is 55.6 Å². The Labute approximate surface area is 813 Å². The van der Waals surface area contributed by atoms with Gasteiger partial charge in [-0.15, -0.1) is 0 Å². The van der Waals surface area contributed by atoms with E-state index < -0.39 is 0 Å². The van der Waals surface area contributed by atoms with E-state index in [4.69, 9.17) is 9.97 Å². The van der Waals surface area contributed by atoms with Crippen LogP contribution in [0.2, 0.25) is 0 Å². The maximum absolute atomic E-state index is 4.81. The fourth-order valence-corrected chi connectivity index (χ4v) is 27.1. The van der Waals surface area contributed by atoms with E-state index in [1.807, 2.05) is 49.6 Å². The van der Waals surface area contributed by atoms with Gasteiger partial charge < -0.3 is 19.6 Å². The van der Waals surface area contributed by atoms with Gasteiger partial charge in [-0.3, -0.25) is 24.8 Å². The smallest absolute Gasteiger partial charge is 0.141 e. The minimum atomic E-state index is 0.909. The first kappa shape index (κ1) is 78.3. The first-order chi connectivity index (χ1) is 69.4.